The van der Waals surface area contributed by atoms with Gasteiger partial charge in [0.25, 0.3) is 0 Å². The third kappa shape index (κ3) is 3.74. The van der Waals surface area contributed by atoms with Crippen LogP contribution < -0.4 is 10.1 Å². The Balaban J connectivity index is 1.57. The van der Waals surface area contributed by atoms with Gasteiger partial charge >= 0.3 is 5.97 Å². The van der Waals surface area contributed by atoms with Gasteiger partial charge in [-0.2, -0.15) is 0 Å². The summed E-state index contributed by atoms with van der Waals surface area (Å²) >= 11 is 0. The van der Waals surface area contributed by atoms with Crippen LogP contribution in [0.25, 0.3) is 0 Å². The van der Waals surface area contributed by atoms with Crippen LogP contribution >= 0.6 is 0 Å². The number of rotatable bonds is 6. The number of esters is 1. The normalized spacial score (nSPS) is 16.4. The molecule has 0 saturated heterocycles. The summed E-state index contributed by atoms with van der Waals surface area (Å²) < 4.78 is 10.5. The zero-order valence-electron chi connectivity index (χ0n) is 14.5. The van der Waals surface area contributed by atoms with E-state index < -0.39 is 12.1 Å². The largest absolute Gasteiger partial charge is 0.479 e. The molecule has 2 aromatic carbocycles. The van der Waals surface area contributed by atoms with E-state index in [2.05, 4.69) is 5.32 Å². The third-order valence-corrected chi connectivity index (χ3v) is 4.22. The molecular formula is C20H19NO5. The maximum absolute atomic E-state index is 12.3. The van der Waals surface area contributed by atoms with Crippen LogP contribution in [0.4, 0.5) is 5.69 Å². The van der Waals surface area contributed by atoms with Crippen molar-refractivity contribution in [2.45, 2.75) is 25.9 Å². The standard InChI is InChI=1S/C20H19NO5/c1-12-16-10-14(8-9-17(16)21-19(12)23)18(22)11-25-20(24)13(2)26-15-6-4-3-5-7-15/h3-10,12-13H,11H2,1-2H3,(H,21,23)/t12-,13-/m0/s1. The molecule has 0 fully saturated rings. The number of amides is 1. The first-order valence-corrected chi connectivity index (χ1v) is 8.32. The number of para-hydroxylation sites is 1. The summed E-state index contributed by atoms with van der Waals surface area (Å²) in [7, 11) is 0. The van der Waals surface area contributed by atoms with Gasteiger partial charge in [-0.05, 0) is 49.7 Å². The molecule has 6 heteroatoms. The molecule has 3 rings (SSSR count). The average Bonchev–Trinajstić information content (AvgIpc) is 2.94. The first-order valence-electron chi connectivity index (χ1n) is 8.32. The highest BCUT2D eigenvalue weighted by molar-refractivity contribution is 6.05. The fraction of sp³-hybridized carbons (Fsp3) is 0.250. The van der Waals surface area contributed by atoms with Gasteiger partial charge in [-0.15, -0.1) is 0 Å². The van der Waals surface area contributed by atoms with E-state index in [4.69, 9.17) is 9.47 Å². The Morgan fingerprint density at radius 3 is 2.62 bits per heavy atom. The molecule has 1 N–H and O–H groups in total. The molecule has 6 nitrogen and oxygen atoms in total. The van der Waals surface area contributed by atoms with E-state index in [-0.39, 0.29) is 24.2 Å². The second-order valence-electron chi connectivity index (χ2n) is 6.12. The number of hydrogen-bond acceptors (Lipinski definition) is 5. The molecule has 134 valence electrons. The topological polar surface area (TPSA) is 81.7 Å². The minimum absolute atomic E-state index is 0.0945. The van der Waals surface area contributed by atoms with E-state index in [1.807, 2.05) is 6.07 Å². The summed E-state index contributed by atoms with van der Waals surface area (Å²) in [6.07, 6.45) is -0.827. The van der Waals surface area contributed by atoms with Crippen LogP contribution in [-0.2, 0) is 14.3 Å². The maximum Gasteiger partial charge on any atom is 0.347 e. The van der Waals surface area contributed by atoms with E-state index >= 15 is 0 Å². The van der Waals surface area contributed by atoms with Gasteiger partial charge in [0.1, 0.15) is 5.75 Å². The zero-order chi connectivity index (χ0) is 18.7. The Morgan fingerprint density at radius 1 is 1.15 bits per heavy atom. The van der Waals surface area contributed by atoms with E-state index in [1.165, 1.54) is 0 Å². The number of carbonyl (C=O) groups excluding carboxylic acids is 3. The van der Waals surface area contributed by atoms with Crippen molar-refractivity contribution >= 4 is 23.3 Å². The van der Waals surface area contributed by atoms with Gasteiger partial charge in [0, 0.05) is 11.3 Å². The molecule has 0 bridgehead atoms. The average molecular weight is 353 g/mol. The van der Waals surface area contributed by atoms with Crippen molar-refractivity contribution < 1.29 is 23.9 Å². The zero-order valence-corrected chi connectivity index (χ0v) is 14.5. The van der Waals surface area contributed by atoms with Gasteiger partial charge in [-0.1, -0.05) is 18.2 Å². The number of hydrogen-bond donors (Lipinski definition) is 1. The summed E-state index contributed by atoms with van der Waals surface area (Å²) in [4.78, 5) is 36.0. The lowest BCUT2D eigenvalue weighted by Crippen LogP contribution is -2.28. The van der Waals surface area contributed by atoms with Crippen molar-refractivity contribution in [3.05, 3.63) is 59.7 Å². The lowest BCUT2D eigenvalue weighted by molar-refractivity contribution is -0.149. The van der Waals surface area contributed by atoms with Crippen LogP contribution in [0.15, 0.2) is 48.5 Å². The summed E-state index contributed by atoms with van der Waals surface area (Å²) in [6.45, 7) is 2.96. The molecule has 26 heavy (non-hydrogen) atoms. The van der Waals surface area contributed by atoms with E-state index in [9.17, 15) is 14.4 Å². The number of anilines is 1. The number of carbonyl (C=O) groups is 3. The fourth-order valence-electron chi connectivity index (χ4n) is 2.68. The summed E-state index contributed by atoms with van der Waals surface area (Å²) in [6, 6.07) is 13.9. The Bertz CT molecular complexity index is 847. The van der Waals surface area contributed by atoms with E-state index in [1.54, 1.807) is 56.3 Å². The summed E-state index contributed by atoms with van der Waals surface area (Å²) in [5, 5.41) is 2.75. The van der Waals surface area contributed by atoms with Crippen molar-refractivity contribution in [1.29, 1.82) is 0 Å². The molecule has 2 aromatic rings. The second kappa shape index (κ2) is 7.39. The molecule has 1 amide bonds. The number of fused-ring (bicyclic) bond motifs is 1. The first-order chi connectivity index (χ1) is 12.5. The lowest BCUT2D eigenvalue weighted by Gasteiger charge is -2.13. The molecule has 0 spiro atoms. The van der Waals surface area contributed by atoms with Crippen LogP contribution in [0, 0.1) is 0 Å². The molecule has 0 aromatic heterocycles. The quantitative estimate of drug-likeness (QED) is 0.638. The number of benzene rings is 2. The van der Waals surface area contributed by atoms with Crippen molar-refractivity contribution in [2.24, 2.45) is 0 Å². The molecule has 2 atom stereocenters. The van der Waals surface area contributed by atoms with Crippen LogP contribution in [0.2, 0.25) is 0 Å². The molecular weight excluding hydrogens is 334 g/mol. The highest BCUT2D eigenvalue weighted by atomic mass is 16.6. The highest BCUT2D eigenvalue weighted by Gasteiger charge is 2.27. The Morgan fingerprint density at radius 2 is 1.88 bits per heavy atom. The smallest absolute Gasteiger partial charge is 0.347 e. The molecule has 0 unspecified atom stereocenters. The van der Waals surface area contributed by atoms with Crippen molar-refractivity contribution in [2.75, 3.05) is 11.9 Å². The third-order valence-electron chi connectivity index (χ3n) is 4.22. The van der Waals surface area contributed by atoms with Crippen LogP contribution in [0.5, 0.6) is 5.75 Å². The molecule has 0 aliphatic carbocycles. The molecule has 0 radical (unpaired) electrons. The minimum Gasteiger partial charge on any atom is -0.479 e. The molecule has 0 saturated carbocycles. The first kappa shape index (κ1) is 17.7. The Labute approximate surface area is 151 Å². The summed E-state index contributed by atoms with van der Waals surface area (Å²) in [5.74, 6) is -0.802. The summed E-state index contributed by atoms with van der Waals surface area (Å²) in [5.41, 5.74) is 1.88. The monoisotopic (exact) mass is 353 g/mol. The Kier molecular flexibility index (Phi) is 5.02. The molecule has 1 aliphatic heterocycles. The number of nitrogens with one attached hydrogen (secondary N) is 1. The van der Waals surface area contributed by atoms with Gasteiger partial charge < -0.3 is 14.8 Å². The van der Waals surface area contributed by atoms with Crippen LogP contribution in [-0.4, -0.2) is 30.4 Å². The van der Waals surface area contributed by atoms with Gasteiger partial charge in [-0.3, -0.25) is 9.59 Å². The van der Waals surface area contributed by atoms with Gasteiger partial charge in [-0.25, -0.2) is 4.79 Å². The molecule has 1 aliphatic rings. The highest BCUT2D eigenvalue weighted by Crippen LogP contribution is 2.32. The predicted octanol–water partition coefficient (Wildman–Crippen LogP) is 2.94. The predicted molar refractivity (Wildman–Crippen MR) is 95.3 cm³/mol. The number of ketones is 1. The van der Waals surface area contributed by atoms with Crippen molar-refractivity contribution in [3.63, 3.8) is 0 Å². The van der Waals surface area contributed by atoms with Gasteiger partial charge in [0.15, 0.2) is 18.5 Å². The van der Waals surface area contributed by atoms with Gasteiger partial charge in [0.05, 0.1) is 5.92 Å². The van der Waals surface area contributed by atoms with Crippen molar-refractivity contribution in [1.82, 2.24) is 0 Å². The van der Waals surface area contributed by atoms with Crippen LogP contribution in [0.3, 0.4) is 0 Å². The van der Waals surface area contributed by atoms with Crippen LogP contribution in [0.1, 0.15) is 35.7 Å². The fourth-order valence-corrected chi connectivity index (χ4v) is 2.68. The van der Waals surface area contributed by atoms with Gasteiger partial charge in [0.2, 0.25) is 5.91 Å². The number of ether oxygens (including phenoxy) is 2. The number of Topliss-reactive ketones (excluding diaryl/α,β-unsaturated/α-hetero) is 1. The Hall–Kier alpha value is -3.15. The minimum atomic E-state index is -0.827. The molecule has 1 heterocycles. The maximum atomic E-state index is 12.3. The SMILES string of the molecule is C[C@H](Oc1ccccc1)C(=O)OCC(=O)c1ccc2c(c1)[C@H](C)C(=O)N2. The van der Waals surface area contributed by atoms with E-state index in [0.29, 0.717) is 17.0 Å². The van der Waals surface area contributed by atoms with Crippen molar-refractivity contribution in [3.8, 4) is 5.75 Å². The lowest BCUT2D eigenvalue weighted by atomic mass is 9.99. The van der Waals surface area contributed by atoms with E-state index in [0.717, 1.165) is 5.56 Å². The second-order valence-corrected chi connectivity index (χ2v) is 6.12.